The van der Waals surface area contributed by atoms with E-state index in [1.807, 2.05) is 6.07 Å². The molecule has 9 heteroatoms. The zero-order valence-electron chi connectivity index (χ0n) is 15.6. The lowest BCUT2D eigenvalue weighted by Crippen LogP contribution is -2.50. The molecule has 0 bridgehead atoms. The summed E-state index contributed by atoms with van der Waals surface area (Å²) >= 11 is 0. The molecule has 2 aliphatic rings. The molecule has 1 aromatic carbocycles. The Bertz CT molecular complexity index is 822. The van der Waals surface area contributed by atoms with Gasteiger partial charge in [0.1, 0.15) is 5.82 Å². The summed E-state index contributed by atoms with van der Waals surface area (Å²) < 4.78 is 19.1. The highest BCUT2D eigenvalue weighted by atomic mass is 19.1. The van der Waals surface area contributed by atoms with Gasteiger partial charge in [0.05, 0.1) is 30.8 Å². The minimum absolute atomic E-state index is 0.198. The molecule has 2 fully saturated rings. The van der Waals surface area contributed by atoms with E-state index >= 15 is 0 Å². The SMILES string of the molecule is O=C(Nc1ccccc1F)N1CCN(c2cnnc(N3CCOCC3)c2)CC1. The van der Waals surface area contributed by atoms with Crippen molar-refractivity contribution < 1.29 is 13.9 Å². The number of aromatic nitrogens is 2. The van der Waals surface area contributed by atoms with Gasteiger partial charge in [0.25, 0.3) is 0 Å². The van der Waals surface area contributed by atoms with Crippen LogP contribution in [0.3, 0.4) is 0 Å². The first-order valence-electron chi connectivity index (χ1n) is 9.41. The van der Waals surface area contributed by atoms with Crippen LogP contribution in [0.25, 0.3) is 0 Å². The van der Waals surface area contributed by atoms with Crippen LogP contribution < -0.4 is 15.1 Å². The number of amides is 2. The number of ether oxygens (including phenoxy) is 1. The summed E-state index contributed by atoms with van der Waals surface area (Å²) in [5.74, 6) is 0.411. The van der Waals surface area contributed by atoms with Crippen molar-refractivity contribution in [1.29, 1.82) is 0 Å². The lowest BCUT2D eigenvalue weighted by molar-refractivity contribution is 0.122. The lowest BCUT2D eigenvalue weighted by Gasteiger charge is -2.36. The van der Waals surface area contributed by atoms with Crippen LogP contribution in [-0.4, -0.2) is 73.6 Å². The number of morpholine rings is 1. The van der Waals surface area contributed by atoms with E-state index in [-0.39, 0.29) is 11.7 Å². The van der Waals surface area contributed by atoms with Gasteiger partial charge >= 0.3 is 6.03 Å². The van der Waals surface area contributed by atoms with Gasteiger partial charge in [0.2, 0.25) is 0 Å². The Kier molecular flexibility index (Phi) is 5.52. The van der Waals surface area contributed by atoms with E-state index < -0.39 is 5.82 Å². The summed E-state index contributed by atoms with van der Waals surface area (Å²) in [4.78, 5) is 18.5. The van der Waals surface area contributed by atoms with Crippen LogP contribution >= 0.6 is 0 Å². The van der Waals surface area contributed by atoms with Crippen molar-refractivity contribution in [1.82, 2.24) is 15.1 Å². The van der Waals surface area contributed by atoms with Gasteiger partial charge in [-0.2, -0.15) is 5.10 Å². The maximum absolute atomic E-state index is 13.7. The van der Waals surface area contributed by atoms with Gasteiger partial charge in [-0.25, -0.2) is 9.18 Å². The Balaban J connectivity index is 1.35. The van der Waals surface area contributed by atoms with E-state index in [2.05, 4.69) is 25.3 Å². The van der Waals surface area contributed by atoms with Crippen LogP contribution in [0.15, 0.2) is 36.5 Å². The second kappa shape index (κ2) is 8.39. The molecule has 0 atom stereocenters. The predicted molar refractivity (Wildman–Crippen MR) is 104 cm³/mol. The van der Waals surface area contributed by atoms with Crippen molar-refractivity contribution >= 4 is 23.2 Å². The first-order valence-corrected chi connectivity index (χ1v) is 9.41. The highest BCUT2D eigenvalue weighted by molar-refractivity contribution is 5.89. The molecule has 8 nitrogen and oxygen atoms in total. The Morgan fingerprint density at radius 2 is 1.79 bits per heavy atom. The van der Waals surface area contributed by atoms with Gasteiger partial charge in [-0.05, 0) is 12.1 Å². The fourth-order valence-corrected chi connectivity index (χ4v) is 3.39. The Morgan fingerprint density at radius 1 is 1.04 bits per heavy atom. The molecule has 3 heterocycles. The normalized spacial score (nSPS) is 17.5. The van der Waals surface area contributed by atoms with Crippen LogP contribution in [-0.2, 0) is 4.74 Å². The van der Waals surface area contributed by atoms with Gasteiger partial charge < -0.3 is 24.8 Å². The number of benzene rings is 1. The minimum atomic E-state index is -0.437. The van der Waals surface area contributed by atoms with Crippen molar-refractivity contribution in [2.75, 3.05) is 67.6 Å². The zero-order valence-corrected chi connectivity index (χ0v) is 15.6. The van der Waals surface area contributed by atoms with Gasteiger partial charge in [0, 0.05) is 45.3 Å². The van der Waals surface area contributed by atoms with Crippen molar-refractivity contribution in [3.8, 4) is 0 Å². The molecular formula is C19H23FN6O2. The first kappa shape index (κ1) is 18.4. The number of anilines is 3. The number of para-hydroxylation sites is 1. The monoisotopic (exact) mass is 386 g/mol. The van der Waals surface area contributed by atoms with Gasteiger partial charge in [-0.1, -0.05) is 12.1 Å². The second-order valence-electron chi connectivity index (χ2n) is 6.76. The molecule has 4 rings (SSSR count). The van der Waals surface area contributed by atoms with Crippen LogP contribution in [0.2, 0.25) is 0 Å². The number of nitrogens with one attached hydrogen (secondary N) is 1. The molecule has 0 aliphatic carbocycles. The molecule has 1 N–H and O–H groups in total. The highest BCUT2D eigenvalue weighted by Gasteiger charge is 2.23. The van der Waals surface area contributed by atoms with E-state index in [0.717, 1.165) is 24.6 Å². The number of carbonyl (C=O) groups is 1. The summed E-state index contributed by atoms with van der Waals surface area (Å²) in [5, 5.41) is 11.0. The highest BCUT2D eigenvalue weighted by Crippen LogP contribution is 2.21. The van der Waals surface area contributed by atoms with Crippen LogP contribution in [0, 0.1) is 5.82 Å². The molecule has 2 amide bonds. The number of piperazine rings is 1. The number of hydrogen-bond acceptors (Lipinski definition) is 6. The number of carbonyl (C=O) groups excluding carboxylic acids is 1. The van der Waals surface area contributed by atoms with Gasteiger partial charge in [-0.15, -0.1) is 5.10 Å². The molecule has 2 aromatic rings. The molecule has 0 unspecified atom stereocenters. The molecule has 0 saturated carbocycles. The largest absolute Gasteiger partial charge is 0.378 e. The second-order valence-corrected chi connectivity index (χ2v) is 6.76. The predicted octanol–water partition coefficient (Wildman–Crippen LogP) is 1.81. The summed E-state index contributed by atoms with van der Waals surface area (Å²) in [6, 6.07) is 7.92. The summed E-state index contributed by atoms with van der Waals surface area (Å²) in [6.07, 6.45) is 1.75. The van der Waals surface area contributed by atoms with Crippen molar-refractivity contribution in [2.45, 2.75) is 0 Å². The number of nitrogens with zero attached hydrogens (tertiary/aromatic N) is 5. The molecule has 148 valence electrons. The third-order valence-electron chi connectivity index (χ3n) is 5.01. The third kappa shape index (κ3) is 4.14. The summed E-state index contributed by atoms with van der Waals surface area (Å²) in [5.41, 5.74) is 1.19. The van der Waals surface area contributed by atoms with Gasteiger partial charge in [0.15, 0.2) is 5.82 Å². The third-order valence-corrected chi connectivity index (χ3v) is 5.01. The lowest BCUT2D eigenvalue weighted by atomic mass is 10.2. The van der Waals surface area contributed by atoms with E-state index in [1.54, 1.807) is 29.3 Å². The average molecular weight is 386 g/mol. The smallest absolute Gasteiger partial charge is 0.322 e. The topological polar surface area (TPSA) is 73.8 Å². The number of rotatable bonds is 3. The van der Waals surface area contributed by atoms with E-state index in [1.165, 1.54) is 6.07 Å². The van der Waals surface area contributed by atoms with E-state index in [4.69, 9.17) is 4.74 Å². The van der Waals surface area contributed by atoms with Crippen molar-refractivity contribution in [2.24, 2.45) is 0 Å². The Morgan fingerprint density at radius 3 is 2.54 bits per heavy atom. The minimum Gasteiger partial charge on any atom is -0.378 e. The Hall–Kier alpha value is -2.94. The standard InChI is InChI=1S/C19H23FN6O2/c20-16-3-1-2-4-17(16)22-19(27)26-7-5-24(6-8-26)15-13-18(23-21-14-15)25-9-11-28-12-10-25/h1-4,13-14H,5-12H2,(H,22,27). The van der Waals surface area contributed by atoms with Crippen molar-refractivity contribution in [3.05, 3.63) is 42.3 Å². The first-order chi connectivity index (χ1) is 13.7. The molecule has 2 aliphatic heterocycles. The zero-order chi connectivity index (χ0) is 19.3. The quantitative estimate of drug-likeness (QED) is 0.867. The molecular weight excluding hydrogens is 363 g/mol. The fraction of sp³-hybridized carbons (Fsp3) is 0.421. The molecule has 0 spiro atoms. The molecule has 2 saturated heterocycles. The molecule has 0 radical (unpaired) electrons. The van der Waals surface area contributed by atoms with Crippen LogP contribution in [0.1, 0.15) is 0 Å². The maximum atomic E-state index is 13.7. The number of halogens is 1. The number of urea groups is 1. The molecule has 1 aromatic heterocycles. The van der Waals surface area contributed by atoms with Gasteiger partial charge in [-0.3, -0.25) is 0 Å². The Labute approximate surface area is 162 Å². The summed E-state index contributed by atoms with van der Waals surface area (Å²) in [7, 11) is 0. The van der Waals surface area contributed by atoms with E-state index in [0.29, 0.717) is 39.4 Å². The van der Waals surface area contributed by atoms with E-state index in [9.17, 15) is 9.18 Å². The van der Waals surface area contributed by atoms with Crippen LogP contribution in [0.5, 0.6) is 0 Å². The average Bonchev–Trinajstić information content (AvgIpc) is 2.76. The van der Waals surface area contributed by atoms with Crippen molar-refractivity contribution in [3.63, 3.8) is 0 Å². The number of hydrogen-bond donors (Lipinski definition) is 1. The van der Waals surface area contributed by atoms with Crippen LogP contribution in [0.4, 0.5) is 26.4 Å². The molecule has 28 heavy (non-hydrogen) atoms. The summed E-state index contributed by atoms with van der Waals surface area (Å²) in [6.45, 7) is 5.47. The fourth-order valence-electron chi connectivity index (χ4n) is 3.39. The maximum Gasteiger partial charge on any atom is 0.322 e.